The number of nitrogens with zero attached hydrogens (tertiary/aromatic N) is 3. The lowest BCUT2D eigenvalue weighted by atomic mass is 10.1. The summed E-state index contributed by atoms with van der Waals surface area (Å²) in [5.74, 6) is 0.223. The predicted molar refractivity (Wildman–Crippen MR) is 74.7 cm³/mol. The van der Waals surface area contributed by atoms with Crippen molar-refractivity contribution in [3.8, 4) is 0 Å². The largest absolute Gasteiger partial charge is 0.342 e. The van der Waals surface area contributed by atoms with Gasteiger partial charge in [-0.3, -0.25) is 4.79 Å². The van der Waals surface area contributed by atoms with Gasteiger partial charge in [0, 0.05) is 32.4 Å². The summed E-state index contributed by atoms with van der Waals surface area (Å²) in [5.41, 5.74) is 1.15. The maximum absolute atomic E-state index is 12.0. The summed E-state index contributed by atoms with van der Waals surface area (Å²) in [6.45, 7) is 6.12. The van der Waals surface area contributed by atoms with Crippen molar-refractivity contribution in [2.75, 3.05) is 19.6 Å². The van der Waals surface area contributed by atoms with E-state index in [1.165, 1.54) is 6.42 Å². The van der Waals surface area contributed by atoms with Crippen molar-refractivity contribution in [1.29, 1.82) is 0 Å². The summed E-state index contributed by atoms with van der Waals surface area (Å²) < 4.78 is 2.14. The van der Waals surface area contributed by atoms with E-state index in [0.29, 0.717) is 13.1 Å². The fraction of sp³-hybridized carbons (Fsp3) is 0.714. The maximum atomic E-state index is 12.0. The van der Waals surface area contributed by atoms with Crippen molar-refractivity contribution >= 4 is 5.91 Å². The highest BCUT2D eigenvalue weighted by atomic mass is 16.2. The summed E-state index contributed by atoms with van der Waals surface area (Å²) in [5, 5.41) is 3.23. The van der Waals surface area contributed by atoms with Gasteiger partial charge in [0.15, 0.2) is 0 Å². The summed E-state index contributed by atoms with van der Waals surface area (Å²) in [6.07, 6.45) is 8.37. The summed E-state index contributed by atoms with van der Waals surface area (Å²) in [6, 6.07) is 0. The molecule has 0 radical (unpaired) electrons. The molecule has 106 valence electrons. The van der Waals surface area contributed by atoms with Gasteiger partial charge in [-0.25, -0.2) is 4.98 Å². The van der Waals surface area contributed by atoms with Crippen LogP contribution < -0.4 is 5.32 Å². The number of carbonyl (C=O) groups is 1. The number of rotatable bonds is 6. The van der Waals surface area contributed by atoms with E-state index in [1.807, 2.05) is 17.4 Å². The van der Waals surface area contributed by atoms with Crippen molar-refractivity contribution in [1.82, 2.24) is 19.8 Å². The zero-order valence-corrected chi connectivity index (χ0v) is 11.8. The van der Waals surface area contributed by atoms with Crippen LogP contribution in [0.2, 0.25) is 0 Å². The van der Waals surface area contributed by atoms with Crippen LogP contribution in [0.15, 0.2) is 12.5 Å². The van der Waals surface area contributed by atoms with Crippen LogP contribution in [0.4, 0.5) is 0 Å². The molecule has 2 rings (SSSR count). The second-order valence-electron chi connectivity index (χ2n) is 5.12. The minimum Gasteiger partial charge on any atom is -0.342 e. The molecule has 5 nitrogen and oxygen atoms in total. The van der Waals surface area contributed by atoms with Crippen LogP contribution >= 0.6 is 0 Å². The number of nitrogens with one attached hydrogen (secondary N) is 1. The quantitative estimate of drug-likeness (QED) is 0.845. The molecule has 0 saturated carbocycles. The molecule has 0 unspecified atom stereocenters. The van der Waals surface area contributed by atoms with Crippen molar-refractivity contribution < 1.29 is 4.79 Å². The highest BCUT2D eigenvalue weighted by Gasteiger charge is 2.15. The summed E-state index contributed by atoms with van der Waals surface area (Å²) >= 11 is 0. The van der Waals surface area contributed by atoms with Crippen LogP contribution in [0, 0.1) is 0 Å². The second kappa shape index (κ2) is 7.28. The lowest BCUT2D eigenvalue weighted by molar-refractivity contribution is -0.131. The van der Waals surface area contributed by atoms with Crippen LogP contribution in [0.5, 0.6) is 0 Å². The van der Waals surface area contributed by atoms with Gasteiger partial charge in [0.25, 0.3) is 0 Å². The SMILES string of the molecule is CCCn1cncc1CNCC(=O)N1CCCCC1. The molecule has 0 bridgehead atoms. The van der Waals surface area contributed by atoms with Crippen LogP contribution in [0.1, 0.15) is 38.3 Å². The number of hydrogen-bond donors (Lipinski definition) is 1. The smallest absolute Gasteiger partial charge is 0.236 e. The Labute approximate surface area is 115 Å². The van der Waals surface area contributed by atoms with E-state index in [4.69, 9.17) is 0 Å². The van der Waals surface area contributed by atoms with Gasteiger partial charge >= 0.3 is 0 Å². The molecule has 0 atom stereocenters. The van der Waals surface area contributed by atoms with Crippen molar-refractivity contribution in [3.63, 3.8) is 0 Å². The number of aryl methyl sites for hydroxylation is 1. The van der Waals surface area contributed by atoms with E-state index in [2.05, 4.69) is 21.8 Å². The Morgan fingerprint density at radius 1 is 1.37 bits per heavy atom. The number of aromatic nitrogens is 2. The average Bonchev–Trinajstić information content (AvgIpc) is 2.88. The van der Waals surface area contributed by atoms with Crippen LogP contribution in [0.3, 0.4) is 0 Å². The number of imidazole rings is 1. The summed E-state index contributed by atoms with van der Waals surface area (Å²) in [4.78, 5) is 18.1. The van der Waals surface area contributed by atoms with Crippen molar-refractivity contribution in [2.45, 2.75) is 45.7 Å². The van der Waals surface area contributed by atoms with Crippen molar-refractivity contribution in [2.24, 2.45) is 0 Å². The molecule has 1 N–H and O–H groups in total. The monoisotopic (exact) mass is 264 g/mol. The van der Waals surface area contributed by atoms with Crippen LogP contribution in [0.25, 0.3) is 0 Å². The van der Waals surface area contributed by atoms with Gasteiger partial charge in [-0.05, 0) is 25.7 Å². The first-order valence-corrected chi connectivity index (χ1v) is 7.28. The lowest BCUT2D eigenvalue weighted by Gasteiger charge is -2.26. The first-order chi connectivity index (χ1) is 9.31. The third kappa shape index (κ3) is 4.06. The molecule has 1 amide bonds. The first-order valence-electron chi connectivity index (χ1n) is 7.28. The molecule has 5 heteroatoms. The maximum Gasteiger partial charge on any atom is 0.236 e. The molecule has 1 aliphatic rings. The normalized spacial score (nSPS) is 15.7. The number of hydrogen-bond acceptors (Lipinski definition) is 3. The molecule has 1 aliphatic heterocycles. The van der Waals surface area contributed by atoms with Crippen LogP contribution in [-0.2, 0) is 17.9 Å². The molecule has 1 aromatic rings. The topological polar surface area (TPSA) is 50.2 Å². The summed E-state index contributed by atoms with van der Waals surface area (Å²) in [7, 11) is 0. The number of likely N-dealkylation sites (tertiary alicyclic amines) is 1. The van der Waals surface area contributed by atoms with Gasteiger partial charge in [-0.15, -0.1) is 0 Å². The molecular weight excluding hydrogens is 240 g/mol. The van der Waals surface area contributed by atoms with E-state index in [-0.39, 0.29) is 5.91 Å². The number of amides is 1. The average molecular weight is 264 g/mol. The molecular formula is C14H24N4O. The fourth-order valence-electron chi connectivity index (χ4n) is 2.49. The van der Waals surface area contributed by atoms with Gasteiger partial charge < -0.3 is 14.8 Å². The second-order valence-corrected chi connectivity index (χ2v) is 5.12. The van der Waals surface area contributed by atoms with Gasteiger partial charge in [0.1, 0.15) is 0 Å². The minimum atomic E-state index is 0.223. The number of carbonyl (C=O) groups excluding carboxylic acids is 1. The Kier molecular flexibility index (Phi) is 5.39. The predicted octanol–water partition coefficient (Wildman–Crippen LogP) is 1.40. The highest BCUT2D eigenvalue weighted by Crippen LogP contribution is 2.08. The van der Waals surface area contributed by atoms with E-state index in [0.717, 1.165) is 44.6 Å². The molecule has 0 aliphatic carbocycles. The van der Waals surface area contributed by atoms with Crippen molar-refractivity contribution in [3.05, 3.63) is 18.2 Å². The molecule has 1 saturated heterocycles. The standard InChI is InChI=1S/C14H24N4O/c1-2-6-18-12-16-10-13(18)9-15-11-14(19)17-7-4-3-5-8-17/h10,12,15H,2-9,11H2,1H3. The van der Waals surface area contributed by atoms with E-state index < -0.39 is 0 Å². The first kappa shape index (κ1) is 14.1. The van der Waals surface area contributed by atoms with E-state index in [9.17, 15) is 4.79 Å². The third-order valence-electron chi connectivity index (χ3n) is 3.55. The molecule has 1 aromatic heterocycles. The lowest BCUT2D eigenvalue weighted by Crippen LogP contribution is -2.41. The van der Waals surface area contributed by atoms with Gasteiger partial charge in [-0.2, -0.15) is 0 Å². The van der Waals surface area contributed by atoms with Gasteiger partial charge in [0.05, 0.1) is 18.6 Å². The molecule has 0 aromatic carbocycles. The Bertz CT molecular complexity index is 396. The third-order valence-corrected chi connectivity index (χ3v) is 3.55. The van der Waals surface area contributed by atoms with E-state index >= 15 is 0 Å². The van der Waals surface area contributed by atoms with Crippen LogP contribution in [-0.4, -0.2) is 40.0 Å². The van der Waals surface area contributed by atoms with E-state index in [1.54, 1.807) is 0 Å². The Hall–Kier alpha value is -1.36. The zero-order valence-electron chi connectivity index (χ0n) is 11.8. The highest BCUT2D eigenvalue weighted by molar-refractivity contribution is 5.78. The molecule has 19 heavy (non-hydrogen) atoms. The Morgan fingerprint density at radius 2 is 2.16 bits per heavy atom. The molecule has 0 spiro atoms. The zero-order chi connectivity index (χ0) is 13.5. The van der Waals surface area contributed by atoms with Gasteiger partial charge in [0.2, 0.25) is 5.91 Å². The van der Waals surface area contributed by atoms with Gasteiger partial charge in [-0.1, -0.05) is 6.92 Å². The molecule has 1 fully saturated rings. The molecule has 2 heterocycles. The number of piperidine rings is 1. The Balaban J connectivity index is 1.73. The minimum absolute atomic E-state index is 0.223. The fourth-order valence-corrected chi connectivity index (χ4v) is 2.49. The Morgan fingerprint density at radius 3 is 2.89 bits per heavy atom.